The molecule has 3 nitrogen and oxygen atoms in total. The second kappa shape index (κ2) is 4.15. The van der Waals surface area contributed by atoms with E-state index < -0.39 is 0 Å². The summed E-state index contributed by atoms with van der Waals surface area (Å²) in [5.41, 5.74) is 5.03. The first-order valence-electron chi connectivity index (χ1n) is 6.39. The molecule has 1 aromatic carbocycles. The van der Waals surface area contributed by atoms with Crippen molar-refractivity contribution in [1.29, 1.82) is 0 Å². The molecule has 0 spiro atoms. The molecule has 3 heteroatoms. The summed E-state index contributed by atoms with van der Waals surface area (Å²) < 4.78 is 2.25. The summed E-state index contributed by atoms with van der Waals surface area (Å²) >= 11 is 0. The van der Waals surface area contributed by atoms with Crippen LogP contribution in [0.2, 0.25) is 0 Å². The van der Waals surface area contributed by atoms with Gasteiger partial charge in [0.1, 0.15) is 0 Å². The zero-order valence-electron chi connectivity index (χ0n) is 10.5. The van der Waals surface area contributed by atoms with Crippen molar-refractivity contribution in [2.24, 2.45) is 0 Å². The molecular weight excluding hydrogens is 210 g/mol. The van der Waals surface area contributed by atoms with Gasteiger partial charge in [0.2, 0.25) is 0 Å². The van der Waals surface area contributed by atoms with Gasteiger partial charge in [0.15, 0.2) is 0 Å². The molecule has 0 bridgehead atoms. The highest BCUT2D eigenvalue weighted by Gasteiger charge is 2.19. The van der Waals surface area contributed by atoms with Crippen molar-refractivity contribution in [2.75, 3.05) is 6.54 Å². The first-order chi connectivity index (χ1) is 8.24. The van der Waals surface area contributed by atoms with Gasteiger partial charge in [-0.05, 0) is 49.9 Å². The maximum absolute atomic E-state index is 4.47. The van der Waals surface area contributed by atoms with Gasteiger partial charge in [0, 0.05) is 19.1 Å². The van der Waals surface area contributed by atoms with Gasteiger partial charge in [-0.25, -0.2) is 4.98 Å². The first-order valence-corrected chi connectivity index (χ1v) is 6.39. The molecule has 0 radical (unpaired) electrons. The Hall–Kier alpha value is -1.35. The molecule has 2 aromatic rings. The minimum absolute atomic E-state index is 0.786. The standard InChI is InChI=1S/C14H19N3/c1-10-7-13-14(8-11(10)2)17(9-16-13)6-5-15-12-3-4-12/h7-9,12,15H,3-6H2,1-2H3. The van der Waals surface area contributed by atoms with Crippen molar-refractivity contribution in [3.63, 3.8) is 0 Å². The maximum Gasteiger partial charge on any atom is 0.0958 e. The van der Waals surface area contributed by atoms with Crippen molar-refractivity contribution in [3.8, 4) is 0 Å². The van der Waals surface area contributed by atoms with E-state index in [-0.39, 0.29) is 0 Å². The third-order valence-corrected chi connectivity index (χ3v) is 3.60. The molecule has 1 aliphatic carbocycles. The average molecular weight is 229 g/mol. The number of hydrogen-bond acceptors (Lipinski definition) is 2. The Labute approximate surface area is 102 Å². The molecule has 1 fully saturated rings. The van der Waals surface area contributed by atoms with Crippen LogP contribution in [0.5, 0.6) is 0 Å². The van der Waals surface area contributed by atoms with E-state index in [2.05, 4.69) is 40.8 Å². The number of imidazole rings is 1. The van der Waals surface area contributed by atoms with Crippen LogP contribution >= 0.6 is 0 Å². The number of aryl methyl sites for hydroxylation is 2. The minimum Gasteiger partial charge on any atom is -0.329 e. The smallest absolute Gasteiger partial charge is 0.0958 e. The Balaban J connectivity index is 1.80. The Kier molecular flexibility index (Phi) is 2.63. The quantitative estimate of drug-likeness (QED) is 0.872. The molecule has 1 aliphatic rings. The summed E-state index contributed by atoms with van der Waals surface area (Å²) in [7, 11) is 0. The predicted octanol–water partition coefficient (Wildman–Crippen LogP) is 2.41. The van der Waals surface area contributed by atoms with Crippen LogP contribution in [0.15, 0.2) is 18.5 Å². The molecule has 0 amide bonds. The molecule has 1 N–H and O–H groups in total. The molecule has 3 rings (SSSR count). The fourth-order valence-corrected chi connectivity index (χ4v) is 2.17. The highest BCUT2D eigenvalue weighted by atomic mass is 15.1. The summed E-state index contributed by atoms with van der Waals surface area (Å²) in [6.45, 7) is 6.36. The molecule has 17 heavy (non-hydrogen) atoms. The highest BCUT2D eigenvalue weighted by molar-refractivity contribution is 5.77. The number of hydrogen-bond donors (Lipinski definition) is 1. The monoisotopic (exact) mass is 229 g/mol. The fourth-order valence-electron chi connectivity index (χ4n) is 2.17. The van der Waals surface area contributed by atoms with Gasteiger partial charge in [-0.3, -0.25) is 0 Å². The summed E-state index contributed by atoms with van der Waals surface area (Å²) in [6, 6.07) is 5.21. The number of benzene rings is 1. The van der Waals surface area contributed by atoms with Gasteiger partial charge >= 0.3 is 0 Å². The van der Waals surface area contributed by atoms with Gasteiger partial charge in [-0.15, -0.1) is 0 Å². The highest BCUT2D eigenvalue weighted by Crippen LogP contribution is 2.19. The lowest BCUT2D eigenvalue weighted by molar-refractivity contribution is 0.604. The number of aromatic nitrogens is 2. The third kappa shape index (κ3) is 2.20. The van der Waals surface area contributed by atoms with Crippen LogP contribution in [-0.2, 0) is 6.54 Å². The molecule has 90 valence electrons. The van der Waals surface area contributed by atoms with Gasteiger partial charge < -0.3 is 9.88 Å². The third-order valence-electron chi connectivity index (χ3n) is 3.60. The Bertz CT molecular complexity index is 538. The van der Waals surface area contributed by atoms with Crippen LogP contribution in [0.4, 0.5) is 0 Å². The zero-order chi connectivity index (χ0) is 11.8. The lowest BCUT2D eigenvalue weighted by Gasteiger charge is -2.06. The molecule has 1 saturated carbocycles. The fraction of sp³-hybridized carbons (Fsp3) is 0.500. The molecule has 1 aromatic heterocycles. The maximum atomic E-state index is 4.47. The van der Waals surface area contributed by atoms with E-state index in [0.29, 0.717) is 0 Å². The number of fused-ring (bicyclic) bond motifs is 1. The zero-order valence-corrected chi connectivity index (χ0v) is 10.5. The van der Waals surface area contributed by atoms with Crippen LogP contribution in [-0.4, -0.2) is 22.1 Å². The molecule has 0 saturated heterocycles. The summed E-state index contributed by atoms with van der Waals surface area (Å²) in [5, 5.41) is 3.54. The van der Waals surface area contributed by atoms with Gasteiger partial charge in [0.25, 0.3) is 0 Å². The van der Waals surface area contributed by atoms with E-state index >= 15 is 0 Å². The summed E-state index contributed by atoms with van der Waals surface area (Å²) in [6.07, 6.45) is 4.66. The van der Waals surface area contributed by atoms with Gasteiger partial charge in [-0.2, -0.15) is 0 Å². The van der Waals surface area contributed by atoms with Crippen molar-refractivity contribution in [1.82, 2.24) is 14.9 Å². The van der Waals surface area contributed by atoms with Crippen LogP contribution in [0.1, 0.15) is 24.0 Å². The van der Waals surface area contributed by atoms with E-state index in [4.69, 9.17) is 0 Å². The van der Waals surface area contributed by atoms with E-state index in [0.717, 1.165) is 24.6 Å². The average Bonchev–Trinajstić information content (AvgIpc) is 3.05. The van der Waals surface area contributed by atoms with E-state index in [1.165, 1.54) is 29.5 Å². The van der Waals surface area contributed by atoms with Crippen molar-refractivity contribution < 1.29 is 0 Å². The van der Waals surface area contributed by atoms with Crippen molar-refractivity contribution in [3.05, 3.63) is 29.6 Å². The molecule has 0 aliphatic heterocycles. The molecule has 0 unspecified atom stereocenters. The first kappa shape index (κ1) is 10.8. The minimum atomic E-state index is 0.786. The van der Waals surface area contributed by atoms with Crippen molar-refractivity contribution in [2.45, 2.75) is 39.3 Å². The van der Waals surface area contributed by atoms with Gasteiger partial charge in [-0.1, -0.05) is 0 Å². The summed E-state index contributed by atoms with van der Waals surface area (Å²) in [5.74, 6) is 0. The van der Waals surface area contributed by atoms with E-state index in [1.54, 1.807) is 0 Å². The lowest BCUT2D eigenvalue weighted by atomic mass is 10.1. The van der Waals surface area contributed by atoms with Crippen LogP contribution < -0.4 is 5.32 Å². The summed E-state index contributed by atoms with van der Waals surface area (Å²) in [4.78, 5) is 4.47. The Morgan fingerprint density at radius 3 is 2.82 bits per heavy atom. The van der Waals surface area contributed by atoms with Gasteiger partial charge in [0.05, 0.1) is 17.4 Å². The number of rotatable bonds is 4. The number of nitrogens with zero attached hydrogens (tertiary/aromatic N) is 2. The van der Waals surface area contributed by atoms with E-state index in [9.17, 15) is 0 Å². The van der Waals surface area contributed by atoms with E-state index in [1.807, 2.05) is 6.33 Å². The van der Waals surface area contributed by atoms with Crippen molar-refractivity contribution >= 4 is 11.0 Å². The normalized spacial score (nSPS) is 15.6. The largest absolute Gasteiger partial charge is 0.329 e. The van der Waals surface area contributed by atoms with Crippen LogP contribution in [0, 0.1) is 13.8 Å². The Morgan fingerprint density at radius 1 is 1.29 bits per heavy atom. The molecular formula is C14H19N3. The van der Waals surface area contributed by atoms with Crippen LogP contribution in [0.25, 0.3) is 11.0 Å². The second-order valence-electron chi connectivity index (χ2n) is 5.09. The topological polar surface area (TPSA) is 29.9 Å². The van der Waals surface area contributed by atoms with Crippen LogP contribution in [0.3, 0.4) is 0 Å². The molecule has 1 heterocycles. The predicted molar refractivity (Wildman–Crippen MR) is 70.2 cm³/mol. The lowest BCUT2D eigenvalue weighted by Crippen LogP contribution is -2.21. The SMILES string of the molecule is Cc1cc2ncn(CCNC3CC3)c2cc1C. The Morgan fingerprint density at radius 2 is 2.06 bits per heavy atom. The number of nitrogens with one attached hydrogen (secondary N) is 1. The second-order valence-corrected chi connectivity index (χ2v) is 5.09. The molecule has 0 atom stereocenters.